The van der Waals surface area contributed by atoms with E-state index in [2.05, 4.69) is 10.3 Å². The van der Waals surface area contributed by atoms with E-state index in [1.54, 1.807) is 18.3 Å². The molecule has 124 valence electrons. The van der Waals surface area contributed by atoms with Crippen LogP contribution >= 0.6 is 0 Å². The number of aryl methyl sites for hydroxylation is 1. The molecule has 1 saturated carbocycles. The number of carbonyl (C=O) groups excluding carboxylic acids is 2. The van der Waals surface area contributed by atoms with Crippen LogP contribution in [0.15, 0.2) is 42.6 Å². The Morgan fingerprint density at radius 2 is 2.04 bits per heavy atom. The van der Waals surface area contributed by atoms with E-state index in [0.717, 1.165) is 30.5 Å². The largest absolute Gasteiger partial charge is 0.465 e. The van der Waals surface area contributed by atoms with E-state index >= 15 is 0 Å². The first-order valence-corrected chi connectivity index (χ1v) is 8.05. The van der Waals surface area contributed by atoms with Crippen LogP contribution in [0.25, 0.3) is 0 Å². The number of benzene rings is 1. The summed E-state index contributed by atoms with van der Waals surface area (Å²) in [5.41, 5.74) is 2.31. The molecule has 2 aromatic rings. The molecule has 1 N–H and O–H groups in total. The summed E-state index contributed by atoms with van der Waals surface area (Å²) in [5, 5.41) is 3.00. The number of anilines is 1. The van der Waals surface area contributed by atoms with Gasteiger partial charge in [0.1, 0.15) is 0 Å². The summed E-state index contributed by atoms with van der Waals surface area (Å²) in [6, 6.07) is 10.9. The number of ether oxygens (including phenoxy) is 1. The third-order valence-corrected chi connectivity index (χ3v) is 4.50. The minimum absolute atomic E-state index is 0.0714. The molecule has 0 bridgehead atoms. The van der Waals surface area contributed by atoms with Gasteiger partial charge in [-0.2, -0.15) is 0 Å². The third-order valence-electron chi connectivity index (χ3n) is 4.50. The molecule has 0 spiro atoms. The van der Waals surface area contributed by atoms with Gasteiger partial charge in [0, 0.05) is 11.9 Å². The Hall–Kier alpha value is -2.69. The molecule has 0 radical (unpaired) electrons. The Bertz CT molecular complexity index is 767. The van der Waals surface area contributed by atoms with Gasteiger partial charge in [0.15, 0.2) is 0 Å². The van der Waals surface area contributed by atoms with Crippen molar-refractivity contribution in [3.8, 4) is 0 Å². The topological polar surface area (TPSA) is 68.3 Å². The number of aromatic nitrogens is 1. The predicted octanol–water partition coefficient (Wildman–Crippen LogP) is 3.10. The highest BCUT2D eigenvalue weighted by Crippen LogP contribution is 2.48. The number of hydrogen-bond acceptors (Lipinski definition) is 4. The maximum atomic E-state index is 12.8. The second-order valence-corrected chi connectivity index (χ2v) is 5.97. The van der Waals surface area contributed by atoms with E-state index in [9.17, 15) is 9.59 Å². The van der Waals surface area contributed by atoms with Crippen LogP contribution in [0.2, 0.25) is 0 Å². The monoisotopic (exact) mass is 324 g/mol. The summed E-state index contributed by atoms with van der Waals surface area (Å²) in [6.07, 6.45) is 4.04. The van der Waals surface area contributed by atoms with Crippen molar-refractivity contribution >= 4 is 17.6 Å². The molecule has 1 aliphatic carbocycles. The summed E-state index contributed by atoms with van der Waals surface area (Å²) in [4.78, 5) is 28.9. The summed E-state index contributed by atoms with van der Waals surface area (Å²) in [7, 11) is 1.34. The minimum atomic E-state index is -0.548. The fourth-order valence-corrected chi connectivity index (χ4v) is 2.86. The lowest BCUT2D eigenvalue weighted by Crippen LogP contribution is -2.29. The molecule has 1 aromatic carbocycles. The van der Waals surface area contributed by atoms with E-state index in [0.29, 0.717) is 11.3 Å². The van der Waals surface area contributed by atoms with E-state index in [-0.39, 0.29) is 5.91 Å². The molecule has 1 aliphatic rings. The van der Waals surface area contributed by atoms with E-state index in [1.165, 1.54) is 7.11 Å². The average Bonchev–Trinajstić information content (AvgIpc) is 3.43. The van der Waals surface area contributed by atoms with Gasteiger partial charge < -0.3 is 10.1 Å². The van der Waals surface area contributed by atoms with Crippen LogP contribution in [0.3, 0.4) is 0 Å². The number of methoxy groups -OCH3 is 1. The molecular weight excluding hydrogens is 304 g/mol. The molecule has 24 heavy (non-hydrogen) atoms. The normalized spacial score (nSPS) is 14.8. The molecule has 3 rings (SSSR count). The zero-order valence-electron chi connectivity index (χ0n) is 13.8. The number of carbonyl (C=O) groups is 2. The lowest BCUT2D eigenvalue weighted by Gasteiger charge is -2.17. The lowest BCUT2D eigenvalue weighted by atomic mass is 9.99. The van der Waals surface area contributed by atoms with Crippen molar-refractivity contribution in [2.75, 3.05) is 12.4 Å². The van der Waals surface area contributed by atoms with Crippen LogP contribution < -0.4 is 5.32 Å². The molecule has 1 amide bonds. The van der Waals surface area contributed by atoms with Crippen molar-refractivity contribution in [2.45, 2.75) is 31.6 Å². The highest BCUT2D eigenvalue weighted by Gasteiger charge is 2.52. The molecule has 0 unspecified atom stereocenters. The molecule has 1 aromatic heterocycles. The SMILES string of the molecule is CCc1ccc(C(=O)OC)cc1NC(=O)C1(c2ccccn2)CC1. The standard InChI is InChI=1S/C19H20N2O3/c1-3-13-7-8-14(17(22)24-2)12-15(13)21-18(23)19(9-10-19)16-6-4-5-11-20-16/h4-8,11-12H,3,9-10H2,1-2H3,(H,21,23). The Labute approximate surface area is 141 Å². The van der Waals surface area contributed by atoms with Crippen LogP contribution in [0.4, 0.5) is 5.69 Å². The van der Waals surface area contributed by atoms with Crippen molar-refractivity contribution in [2.24, 2.45) is 0 Å². The van der Waals surface area contributed by atoms with Gasteiger partial charge in [-0.15, -0.1) is 0 Å². The zero-order valence-corrected chi connectivity index (χ0v) is 13.8. The molecule has 1 fully saturated rings. The first kappa shape index (κ1) is 16.2. The number of nitrogens with one attached hydrogen (secondary N) is 1. The molecule has 1 heterocycles. The molecule has 5 heteroatoms. The third kappa shape index (κ3) is 2.89. The number of nitrogens with zero attached hydrogens (tertiary/aromatic N) is 1. The number of hydrogen-bond donors (Lipinski definition) is 1. The van der Waals surface area contributed by atoms with Crippen LogP contribution in [0.1, 0.15) is 41.4 Å². The van der Waals surface area contributed by atoms with Crippen LogP contribution in [-0.2, 0) is 21.4 Å². The van der Waals surface area contributed by atoms with Crippen molar-refractivity contribution in [1.82, 2.24) is 4.98 Å². The zero-order chi connectivity index (χ0) is 17.2. The summed E-state index contributed by atoms with van der Waals surface area (Å²) in [6.45, 7) is 2.01. The maximum Gasteiger partial charge on any atom is 0.337 e. The van der Waals surface area contributed by atoms with E-state index in [4.69, 9.17) is 4.74 Å². The van der Waals surface area contributed by atoms with Gasteiger partial charge in [0.2, 0.25) is 5.91 Å². The second kappa shape index (κ2) is 6.43. The Kier molecular flexibility index (Phi) is 4.34. The number of esters is 1. The van der Waals surface area contributed by atoms with E-state index < -0.39 is 11.4 Å². The Morgan fingerprint density at radius 1 is 1.25 bits per heavy atom. The molecule has 5 nitrogen and oxygen atoms in total. The van der Waals surface area contributed by atoms with Crippen LogP contribution in [0.5, 0.6) is 0 Å². The quantitative estimate of drug-likeness (QED) is 0.858. The minimum Gasteiger partial charge on any atom is -0.465 e. The molecule has 0 atom stereocenters. The second-order valence-electron chi connectivity index (χ2n) is 5.97. The number of pyridine rings is 1. The Balaban J connectivity index is 1.88. The summed E-state index contributed by atoms with van der Waals surface area (Å²) >= 11 is 0. The average molecular weight is 324 g/mol. The smallest absolute Gasteiger partial charge is 0.337 e. The van der Waals surface area contributed by atoms with Gasteiger partial charge in [-0.3, -0.25) is 9.78 Å². The lowest BCUT2D eigenvalue weighted by molar-refractivity contribution is -0.118. The van der Waals surface area contributed by atoms with Crippen molar-refractivity contribution < 1.29 is 14.3 Å². The first-order chi connectivity index (χ1) is 11.6. The Morgan fingerprint density at radius 3 is 2.62 bits per heavy atom. The molecular formula is C19H20N2O3. The fraction of sp³-hybridized carbons (Fsp3) is 0.316. The highest BCUT2D eigenvalue weighted by molar-refractivity contribution is 6.02. The van der Waals surface area contributed by atoms with Crippen LogP contribution in [0, 0.1) is 0 Å². The summed E-state index contributed by atoms with van der Waals surface area (Å²) < 4.78 is 4.76. The van der Waals surface area contributed by atoms with Crippen molar-refractivity contribution in [3.05, 3.63) is 59.4 Å². The van der Waals surface area contributed by atoms with Gasteiger partial charge in [0.05, 0.1) is 23.8 Å². The van der Waals surface area contributed by atoms with Gasteiger partial charge in [-0.1, -0.05) is 19.1 Å². The molecule has 0 saturated heterocycles. The fourth-order valence-electron chi connectivity index (χ4n) is 2.86. The number of amides is 1. The van der Waals surface area contributed by atoms with Crippen LogP contribution in [-0.4, -0.2) is 24.0 Å². The molecule has 0 aliphatic heterocycles. The van der Waals surface area contributed by atoms with Gasteiger partial charge in [0.25, 0.3) is 0 Å². The summed E-state index contributed by atoms with van der Waals surface area (Å²) in [5.74, 6) is -0.489. The number of rotatable bonds is 5. The van der Waals surface area contributed by atoms with Gasteiger partial charge >= 0.3 is 5.97 Å². The van der Waals surface area contributed by atoms with Gasteiger partial charge in [-0.25, -0.2) is 4.79 Å². The van der Waals surface area contributed by atoms with Gasteiger partial charge in [-0.05, 0) is 49.1 Å². The predicted molar refractivity (Wildman–Crippen MR) is 90.9 cm³/mol. The highest BCUT2D eigenvalue weighted by atomic mass is 16.5. The van der Waals surface area contributed by atoms with Crippen molar-refractivity contribution in [1.29, 1.82) is 0 Å². The maximum absolute atomic E-state index is 12.8. The first-order valence-electron chi connectivity index (χ1n) is 8.05. The van der Waals surface area contributed by atoms with Crippen molar-refractivity contribution in [3.63, 3.8) is 0 Å². The van der Waals surface area contributed by atoms with E-state index in [1.807, 2.05) is 31.2 Å².